The number of carbonyl (C=O) groups is 1. The second-order valence-electron chi connectivity index (χ2n) is 4.47. The summed E-state index contributed by atoms with van der Waals surface area (Å²) in [4.78, 5) is 11.8. The minimum atomic E-state index is -3.50. The number of nitrogens with two attached hydrogens (primary N) is 1. The van der Waals surface area contributed by atoms with Crippen molar-refractivity contribution in [1.82, 2.24) is 4.72 Å². The monoisotopic (exact) mass is 248 g/mol. The molecule has 6 heteroatoms. The van der Waals surface area contributed by atoms with Gasteiger partial charge in [-0.1, -0.05) is 26.2 Å². The average molecular weight is 248 g/mol. The topological polar surface area (TPSA) is 89.3 Å². The molecule has 0 spiro atoms. The smallest absolute Gasteiger partial charge is 0.253 e. The molecule has 1 aliphatic carbocycles. The van der Waals surface area contributed by atoms with E-state index in [1.165, 1.54) is 0 Å². The van der Waals surface area contributed by atoms with E-state index in [4.69, 9.17) is 5.73 Å². The molecular formula is C10H20N2O3S. The third-order valence-corrected chi connectivity index (χ3v) is 4.36. The van der Waals surface area contributed by atoms with Gasteiger partial charge in [0.2, 0.25) is 10.0 Å². The van der Waals surface area contributed by atoms with Crippen LogP contribution in [0.25, 0.3) is 0 Å². The fourth-order valence-corrected chi connectivity index (χ4v) is 3.10. The molecule has 0 aliphatic heterocycles. The van der Waals surface area contributed by atoms with E-state index in [0.717, 1.165) is 19.3 Å². The quantitative estimate of drug-likeness (QED) is 0.758. The van der Waals surface area contributed by atoms with Crippen molar-refractivity contribution in [3.8, 4) is 0 Å². The lowest BCUT2D eigenvalue weighted by atomic mass is 9.82. The molecule has 3 N–H and O–H groups in total. The molecule has 0 unspecified atom stereocenters. The van der Waals surface area contributed by atoms with Gasteiger partial charge in [-0.25, -0.2) is 8.42 Å². The van der Waals surface area contributed by atoms with E-state index in [-0.39, 0.29) is 5.75 Å². The Bertz CT molecular complexity index is 345. The first-order valence-electron chi connectivity index (χ1n) is 5.73. The first kappa shape index (κ1) is 13.4. The van der Waals surface area contributed by atoms with Crippen LogP contribution in [0.1, 0.15) is 45.4 Å². The molecular weight excluding hydrogens is 228 g/mol. The van der Waals surface area contributed by atoms with Gasteiger partial charge in [-0.15, -0.1) is 0 Å². The highest BCUT2D eigenvalue weighted by molar-refractivity contribution is 7.90. The Morgan fingerprint density at radius 3 is 2.38 bits per heavy atom. The fraction of sp³-hybridized carbons (Fsp3) is 0.900. The van der Waals surface area contributed by atoms with Gasteiger partial charge in [0.05, 0.1) is 11.3 Å². The predicted molar refractivity (Wildman–Crippen MR) is 62.2 cm³/mol. The number of hydrogen-bond acceptors (Lipinski definition) is 4. The van der Waals surface area contributed by atoms with Crippen molar-refractivity contribution in [2.24, 2.45) is 5.73 Å². The highest BCUT2D eigenvalue weighted by atomic mass is 32.2. The standard InChI is InChI=1S/C10H20N2O3S/c1-2-8-16(14,15)12-9(13)10(11)6-4-3-5-7-10/h2-8,11H2,1H3,(H,12,13). The van der Waals surface area contributed by atoms with Crippen LogP contribution >= 0.6 is 0 Å². The Kier molecular flexibility index (Phi) is 4.32. The van der Waals surface area contributed by atoms with E-state index in [1.54, 1.807) is 6.92 Å². The molecule has 16 heavy (non-hydrogen) atoms. The zero-order valence-corrected chi connectivity index (χ0v) is 10.5. The molecule has 1 rings (SSSR count). The van der Waals surface area contributed by atoms with Crippen LogP contribution in [0.4, 0.5) is 0 Å². The van der Waals surface area contributed by atoms with E-state index in [1.807, 2.05) is 0 Å². The van der Waals surface area contributed by atoms with E-state index in [9.17, 15) is 13.2 Å². The van der Waals surface area contributed by atoms with Gasteiger partial charge in [0.15, 0.2) is 0 Å². The van der Waals surface area contributed by atoms with Gasteiger partial charge in [0.1, 0.15) is 0 Å². The summed E-state index contributed by atoms with van der Waals surface area (Å²) in [6, 6.07) is 0. The van der Waals surface area contributed by atoms with Crippen molar-refractivity contribution in [1.29, 1.82) is 0 Å². The molecule has 0 heterocycles. The minimum Gasteiger partial charge on any atom is -0.317 e. The molecule has 0 bridgehead atoms. The van der Waals surface area contributed by atoms with Crippen molar-refractivity contribution >= 4 is 15.9 Å². The highest BCUT2D eigenvalue weighted by Crippen LogP contribution is 2.26. The molecule has 1 fully saturated rings. The average Bonchev–Trinajstić information content (AvgIpc) is 2.17. The Hall–Kier alpha value is -0.620. The van der Waals surface area contributed by atoms with Crippen LogP contribution in [0.15, 0.2) is 0 Å². The first-order valence-corrected chi connectivity index (χ1v) is 7.39. The Labute approximate surface area is 96.8 Å². The van der Waals surface area contributed by atoms with Crippen molar-refractivity contribution in [2.45, 2.75) is 51.0 Å². The van der Waals surface area contributed by atoms with E-state index in [0.29, 0.717) is 19.3 Å². The van der Waals surface area contributed by atoms with Gasteiger partial charge in [-0.05, 0) is 19.3 Å². The Balaban J connectivity index is 2.64. The van der Waals surface area contributed by atoms with Gasteiger partial charge in [0, 0.05) is 0 Å². The molecule has 0 saturated heterocycles. The van der Waals surface area contributed by atoms with Crippen LogP contribution in [0.2, 0.25) is 0 Å². The third kappa shape index (κ3) is 3.45. The number of nitrogens with one attached hydrogen (secondary N) is 1. The largest absolute Gasteiger partial charge is 0.317 e. The molecule has 1 saturated carbocycles. The van der Waals surface area contributed by atoms with Crippen LogP contribution in [0, 0.1) is 0 Å². The lowest BCUT2D eigenvalue weighted by molar-refractivity contribution is -0.125. The lowest BCUT2D eigenvalue weighted by Gasteiger charge is -2.31. The van der Waals surface area contributed by atoms with Crippen molar-refractivity contribution in [3.63, 3.8) is 0 Å². The van der Waals surface area contributed by atoms with Crippen LogP contribution in [0.5, 0.6) is 0 Å². The van der Waals surface area contributed by atoms with Crippen LogP contribution in [-0.4, -0.2) is 25.6 Å². The maximum absolute atomic E-state index is 11.8. The number of sulfonamides is 1. The molecule has 94 valence electrons. The molecule has 1 amide bonds. The zero-order valence-electron chi connectivity index (χ0n) is 9.66. The highest BCUT2D eigenvalue weighted by Gasteiger charge is 2.36. The maximum Gasteiger partial charge on any atom is 0.253 e. The first-order chi connectivity index (χ1) is 7.40. The normalized spacial score (nSPS) is 20.4. The summed E-state index contributed by atoms with van der Waals surface area (Å²) >= 11 is 0. The summed E-state index contributed by atoms with van der Waals surface area (Å²) in [6.45, 7) is 1.75. The van der Waals surface area contributed by atoms with E-state index < -0.39 is 21.5 Å². The molecule has 0 radical (unpaired) electrons. The minimum absolute atomic E-state index is 0.0329. The van der Waals surface area contributed by atoms with Crippen molar-refractivity contribution in [2.75, 3.05) is 5.75 Å². The summed E-state index contributed by atoms with van der Waals surface area (Å²) in [6.07, 6.45) is 4.46. The van der Waals surface area contributed by atoms with Gasteiger partial charge in [-0.2, -0.15) is 0 Å². The summed E-state index contributed by atoms with van der Waals surface area (Å²) in [5.74, 6) is -0.574. The summed E-state index contributed by atoms with van der Waals surface area (Å²) in [5, 5.41) is 0. The third-order valence-electron chi connectivity index (χ3n) is 2.92. The number of rotatable bonds is 4. The van der Waals surface area contributed by atoms with E-state index in [2.05, 4.69) is 4.72 Å². The van der Waals surface area contributed by atoms with Crippen molar-refractivity contribution < 1.29 is 13.2 Å². The molecule has 0 aromatic heterocycles. The maximum atomic E-state index is 11.8. The van der Waals surface area contributed by atoms with Gasteiger partial charge >= 0.3 is 0 Å². The second-order valence-corrected chi connectivity index (χ2v) is 6.31. The van der Waals surface area contributed by atoms with Crippen LogP contribution < -0.4 is 10.5 Å². The van der Waals surface area contributed by atoms with Crippen LogP contribution in [-0.2, 0) is 14.8 Å². The summed E-state index contributed by atoms with van der Waals surface area (Å²) in [5.41, 5.74) is 4.94. The van der Waals surface area contributed by atoms with Gasteiger partial charge in [-0.3, -0.25) is 9.52 Å². The zero-order chi connectivity index (χ0) is 12.2. The SMILES string of the molecule is CCCS(=O)(=O)NC(=O)C1(N)CCCCC1. The lowest BCUT2D eigenvalue weighted by Crippen LogP contribution is -2.56. The number of hydrogen-bond donors (Lipinski definition) is 2. The van der Waals surface area contributed by atoms with E-state index >= 15 is 0 Å². The van der Waals surface area contributed by atoms with Crippen molar-refractivity contribution in [3.05, 3.63) is 0 Å². The molecule has 0 aromatic rings. The van der Waals surface area contributed by atoms with Gasteiger partial charge in [0.25, 0.3) is 5.91 Å². The molecule has 0 atom stereocenters. The fourth-order valence-electron chi connectivity index (χ4n) is 1.97. The van der Waals surface area contributed by atoms with Gasteiger partial charge < -0.3 is 5.73 Å². The molecule has 0 aromatic carbocycles. The number of amides is 1. The summed E-state index contributed by atoms with van der Waals surface area (Å²) in [7, 11) is -3.50. The second kappa shape index (κ2) is 5.14. The predicted octanol–water partition coefficient (Wildman–Crippen LogP) is 0.504. The van der Waals surface area contributed by atoms with Crippen LogP contribution in [0.3, 0.4) is 0 Å². The Morgan fingerprint density at radius 1 is 1.31 bits per heavy atom. The molecule has 5 nitrogen and oxygen atoms in total. The number of carbonyl (C=O) groups excluding carboxylic acids is 1. The summed E-state index contributed by atoms with van der Waals surface area (Å²) < 4.78 is 25.0. The Morgan fingerprint density at radius 2 is 1.88 bits per heavy atom. The molecule has 1 aliphatic rings.